The lowest BCUT2D eigenvalue weighted by Gasteiger charge is -2.32. The molecule has 1 heterocycles. The molecule has 1 aromatic rings. The van der Waals surface area contributed by atoms with Gasteiger partial charge < -0.3 is 10.2 Å². The van der Waals surface area contributed by atoms with E-state index < -0.39 is 0 Å². The molecule has 1 aliphatic heterocycles. The van der Waals surface area contributed by atoms with Crippen LogP contribution in [0.5, 0.6) is 0 Å². The van der Waals surface area contributed by atoms with E-state index in [-0.39, 0.29) is 6.04 Å². The second kappa shape index (κ2) is 7.85. The minimum atomic E-state index is 0.284. The topological polar surface area (TPSA) is 32.3 Å². The molecule has 1 saturated heterocycles. The lowest BCUT2D eigenvalue weighted by molar-refractivity contribution is -0.134. The third kappa shape index (κ3) is 4.75. The molecule has 0 aromatic heterocycles. The molecule has 0 saturated carbocycles. The van der Waals surface area contributed by atoms with Crippen LogP contribution in [0.4, 0.5) is 0 Å². The highest BCUT2D eigenvalue weighted by Crippen LogP contribution is 2.21. The number of carbonyl (C=O) groups excluding carboxylic acids is 1. The largest absolute Gasteiger partial charge is 0.336 e. The van der Waals surface area contributed by atoms with Crippen molar-refractivity contribution in [1.29, 1.82) is 0 Å². The molecule has 0 aliphatic carbocycles. The molecule has 2 rings (SSSR count). The van der Waals surface area contributed by atoms with Gasteiger partial charge in [0.05, 0.1) is 0 Å². The van der Waals surface area contributed by atoms with Crippen LogP contribution < -0.4 is 5.32 Å². The van der Waals surface area contributed by atoms with Crippen LogP contribution in [0.3, 0.4) is 0 Å². The summed E-state index contributed by atoms with van der Waals surface area (Å²) in [5.41, 5.74) is 1.27. The summed E-state index contributed by atoms with van der Waals surface area (Å²) in [6, 6.07) is 9.16. The maximum atomic E-state index is 12.5. The van der Waals surface area contributed by atoms with Gasteiger partial charge in [-0.15, -0.1) is 11.8 Å². The number of nitrogens with zero attached hydrogens (tertiary/aromatic N) is 1. The van der Waals surface area contributed by atoms with Gasteiger partial charge >= 0.3 is 0 Å². The Labute approximate surface area is 132 Å². The van der Waals surface area contributed by atoms with E-state index >= 15 is 0 Å². The molecule has 1 aliphatic rings. The lowest BCUT2D eigenvalue weighted by Crippen LogP contribution is -2.46. The fraction of sp³-hybridized carbons (Fsp3) is 0.588. The molecule has 0 bridgehead atoms. The average Bonchev–Trinajstić information content (AvgIpc) is 2.94. The number of rotatable bonds is 6. The Balaban J connectivity index is 1.83. The molecule has 4 heteroatoms. The SMILES string of the molecule is Cc1ccc(SCCC(=O)N(C(C)C)C2CCNC2)cc1. The van der Waals surface area contributed by atoms with Gasteiger partial charge in [0.2, 0.25) is 5.91 Å². The van der Waals surface area contributed by atoms with Crippen molar-refractivity contribution in [3.05, 3.63) is 29.8 Å². The summed E-state index contributed by atoms with van der Waals surface area (Å²) < 4.78 is 0. The molecular formula is C17H26N2OS. The minimum Gasteiger partial charge on any atom is -0.336 e. The van der Waals surface area contributed by atoms with Crippen molar-refractivity contribution in [1.82, 2.24) is 10.2 Å². The zero-order valence-corrected chi connectivity index (χ0v) is 14.1. The van der Waals surface area contributed by atoms with E-state index in [1.165, 1.54) is 10.5 Å². The number of thioether (sulfide) groups is 1. The van der Waals surface area contributed by atoms with Crippen LogP contribution in [0.25, 0.3) is 0 Å². The highest BCUT2D eigenvalue weighted by Gasteiger charge is 2.27. The zero-order chi connectivity index (χ0) is 15.2. The molecule has 1 fully saturated rings. The van der Waals surface area contributed by atoms with Crippen molar-refractivity contribution in [2.45, 2.75) is 50.6 Å². The first-order chi connectivity index (χ1) is 10.1. The Morgan fingerprint density at radius 2 is 2.10 bits per heavy atom. The van der Waals surface area contributed by atoms with Gasteiger partial charge in [0, 0.05) is 35.7 Å². The van der Waals surface area contributed by atoms with Crippen LogP contribution in [-0.2, 0) is 4.79 Å². The summed E-state index contributed by atoms with van der Waals surface area (Å²) in [4.78, 5) is 15.8. The maximum absolute atomic E-state index is 12.5. The molecule has 1 aromatic carbocycles. The van der Waals surface area contributed by atoms with E-state index in [1.54, 1.807) is 11.8 Å². The first kappa shape index (κ1) is 16.4. The van der Waals surface area contributed by atoms with Crippen molar-refractivity contribution in [2.75, 3.05) is 18.8 Å². The van der Waals surface area contributed by atoms with Crippen molar-refractivity contribution in [3.63, 3.8) is 0 Å². The lowest BCUT2D eigenvalue weighted by atomic mass is 10.1. The van der Waals surface area contributed by atoms with E-state index in [4.69, 9.17) is 0 Å². The summed E-state index contributed by atoms with van der Waals surface area (Å²) >= 11 is 1.77. The number of nitrogens with one attached hydrogen (secondary N) is 1. The first-order valence-corrected chi connectivity index (χ1v) is 8.78. The standard InChI is InChI=1S/C17H26N2OS/c1-13(2)19(15-8-10-18-12-15)17(20)9-11-21-16-6-4-14(3)5-7-16/h4-7,13,15,18H,8-12H2,1-3H3. The van der Waals surface area contributed by atoms with Crippen molar-refractivity contribution >= 4 is 17.7 Å². The number of benzene rings is 1. The highest BCUT2D eigenvalue weighted by atomic mass is 32.2. The van der Waals surface area contributed by atoms with Crippen LogP contribution in [-0.4, -0.2) is 41.7 Å². The minimum absolute atomic E-state index is 0.284. The predicted octanol–water partition coefficient (Wildman–Crippen LogP) is 3.08. The molecule has 0 spiro atoms. The van der Waals surface area contributed by atoms with Crippen LogP contribution >= 0.6 is 11.8 Å². The summed E-state index contributed by atoms with van der Waals surface area (Å²) in [6.45, 7) is 8.29. The average molecular weight is 306 g/mol. The van der Waals surface area contributed by atoms with E-state index in [0.29, 0.717) is 18.4 Å². The van der Waals surface area contributed by atoms with Gasteiger partial charge in [-0.05, 0) is 45.9 Å². The number of carbonyl (C=O) groups is 1. The van der Waals surface area contributed by atoms with Gasteiger partial charge in [-0.1, -0.05) is 17.7 Å². The molecule has 116 valence electrons. The molecule has 1 N–H and O–H groups in total. The monoisotopic (exact) mass is 306 g/mol. The number of hydrogen-bond acceptors (Lipinski definition) is 3. The van der Waals surface area contributed by atoms with Gasteiger partial charge in [-0.2, -0.15) is 0 Å². The summed E-state index contributed by atoms with van der Waals surface area (Å²) in [7, 11) is 0. The Bertz CT molecular complexity index is 452. The van der Waals surface area contributed by atoms with Crippen LogP contribution in [0.1, 0.15) is 32.3 Å². The van der Waals surface area contributed by atoms with E-state index in [0.717, 1.165) is 25.3 Å². The Morgan fingerprint density at radius 3 is 2.67 bits per heavy atom. The number of amides is 1. The summed E-state index contributed by atoms with van der Waals surface area (Å²) in [5.74, 6) is 1.14. The van der Waals surface area contributed by atoms with Gasteiger partial charge in [0.25, 0.3) is 0 Å². The molecule has 0 radical (unpaired) electrons. The van der Waals surface area contributed by atoms with Gasteiger partial charge in [0.1, 0.15) is 0 Å². The summed E-state index contributed by atoms with van der Waals surface area (Å²) in [6.07, 6.45) is 1.70. The second-order valence-corrected chi connectivity index (χ2v) is 7.12. The molecule has 3 nitrogen and oxygen atoms in total. The van der Waals surface area contributed by atoms with Crippen molar-refractivity contribution in [2.24, 2.45) is 0 Å². The fourth-order valence-corrected chi connectivity index (χ4v) is 3.65. The molecule has 1 atom stereocenters. The summed E-state index contributed by atoms with van der Waals surface area (Å²) in [5, 5.41) is 3.35. The van der Waals surface area contributed by atoms with Gasteiger partial charge in [0.15, 0.2) is 0 Å². The quantitative estimate of drug-likeness (QED) is 0.820. The van der Waals surface area contributed by atoms with Gasteiger partial charge in [-0.25, -0.2) is 0 Å². The fourth-order valence-electron chi connectivity index (χ4n) is 2.81. The van der Waals surface area contributed by atoms with Crippen LogP contribution in [0.15, 0.2) is 29.2 Å². The van der Waals surface area contributed by atoms with E-state index in [2.05, 4.69) is 55.3 Å². The molecule has 1 unspecified atom stereocenters. The van der Waals surface area contributed by atoms with Crippen molar-refractivity contribution in [3.8, 4) is 0 Å². The van der Waals surface area contributed by atoms with Gasteiger partial charge in [-0.3, -0.25) is 4.79 Å². The molecular weight excluding hydrogens is 280 g/mol. The molecule has 1 amide bonds. The molecule has 21 heavy (non-hydrogen) atoms. The second-order valence-electron chi connectivity index (χ2n) is 5.95. The van der Waals surface area contributed by atoms with Crippen molar-refractivity contribution < 1.29 is 4.79 Å². The number of aryl methyl sites for hydroxylation is 1. The van der Waals surface area contributed by atoms with Crippen LogP contribution in [0, 0.1) is 6.92 Å². The third-order valence-corrected chi connectivity index (χ3v) is 4.89. The Hall–Kier alpha value is -1.00. The highest BCUT2D eigenvalue weighted by molar-refractivity contribution is 7.99. The third-order valence-electron chi connectivity index (χ3n) is 3.88. The van der Waals surface area contributed by atoms with E-state index in [1.807, 2.05) is 0 Å². The number of hydrogen-bond donors (Lipinski definition) is 1. The van der Waals surface area contributed by atoms with Crippen LogP contribution in [0.2, 0.25) is 0 Å². The zero-order valence-electron chi connectivity index (χ0n) is 13.3. The predicted molar refractivity (Wildman–Crippen MR) is 89.8 cm³/mol. The smallest absolute Gasteiger partial charge is 0.223 e. The Morgan fingerprint density at radius 1 is 1.38 bits per heavy atom. The first-order valence-electron chi connectivity index (χ1n) is 7.79. The van der Waals surface area contributed by atoms with E-state index in [9.17, 15) is 4.79 Å². The Kier molecular flexibility index (Phi) is 6.12. The maximum Gasteiger partial charge on any atom is 0.223 e. The normalized spacial score (nSPS) is 18.2.